The zero-order valence-electron chi connectivity index (χ0n) is 12.3. The van der Waals surface area contributed by atoms with Gasteiger partial charge in [0.15, 0.2) is 0 Å². The Kier molecular flexibility index (Phi) is 4.37. The highest BCUT2D eigenvalue weighted by atomic mass is 35.5. The fourth-order valence-corrected chi connectivity index (χ4v) is 3.45. The van der Waals surface area contributed by atoms with Gasteiger partial charge in [-0.3, -0.25) is 10.1 Å². The zero-order valence-corrected chi connectivity index (χ0v) is 13.9. The SMILES string of the molecule is COc1ccc2sc(C(=O)Oc3ccc([N+](=O)[O-])cc3)c(Cl)c2c1. The first-order valence-corrected chi connectivity index (χ1v) is 7.91. The summed E-state index contributed by atoms with van der Waals surface area (Å²) in [4.78, 5) is 22.7. The van der Waals surface area contributed by atoms with Gasteiger partial charge in [-0.15, -0.1) is 11.3 Å². The highest BCUT2D eigenvalue weighted by Crippen LogP contribution is 2.37. The number of benzene rings is 2. The second-order valence-electron chi connectivity index (χ2n) is 4.75. The first-order valence-electron chi connectivity index (χ1n) is 6.72. The molecule has 0 fully saturated rings. The topological polar surface area (TPSA) is 78.7 Å². The molecule has 0 amide bonds. The fraction of sp³-hybridized carbons (Fsp3) is 0.0625. The lowest BCUT2D eigenvalue weighted by atomic mass is 10.2. The maximum Gasteiger partial charge on any atom is 0.355 e. The van der Waals surface area contributed by atoms with Crippen molar-refractivity contribution in [2.75, 3.05) is 7.11 Å². The molecule has 8 heteroatoms. The number of methoxy groups -OCH3 is 1. The van der Waals surface area contributed by atoms with Crippen LogP contribution in [0.5, 0.6) is 11.5 Å². The number of thiophene rings is 1. The van der Waals surface area contributed by atoms with Gasteiger partial charge >= 0.3 is 5.97 Å². The van der Waals surface area contributed by atoms with Gasteiger partial charge in [0, 0.05) is 22.2 Å². The molecular formula is C16H10ClNO5S. The monoisotopic (exact) mass is 363 g/mol. The summed E-state index contributed by atoms with van der Waals surface area (Å²) in [5.41, 5.74) is -0.0817. The van der Waals surface area contributed by atoms with E-state index in [2.05, 4.69) is 0 Å². The van der Waals surface area contributed by atoms with Gasteiger partial charge in [0.2, 0.25) is 0 Å². The number of hydrogen-bond donors (Lipinski definition) is 0. The van der Waals surface area contributed by atoms with Crippen LogP contribution in [0, 0.1) is 10.1 Å². The molecule has 0 saturated carbocycles. The minimum Gasteiger partial charge on any atom is -0.497 e. The molecule has 3 aromatic rings. The first-order chi connectivity index (χ1) is 11.5. The Bertz CT molecular complexity index is 936. The van der Waals surface area contributed by atoms with Crippen molar-refractivity contribution in [3.05, 3.63) is 62.5 Å². The number of non-ortho nitro benzene ring substituents is 1. The van der Waals surface area contributed by atoms with Gasteiger partial charge in [-0.1, -0.05) is 11.6 Å². The number of nitro benzene ring substituents is 1. The average Bonchev–Trinajstić information content (AvgIpc) is 2.91. The summed E-state index contributed by atoms with van der Waals surface area (Å²) in [6.07, 6.45) is 0. The van der Waals surface area contributed by atoms with Crippen molar-refractivity contribution in [3.63, 3.8) is 0 Å². The molecule has 0 unspecified atom stereocenters. The van der Waals surface area contributed by atoms with Crippen LogP contribution in [0.3, 0.4) is 0 Å². The van der Waals surface area contributed by atoms with Crippen molar-refractivity contribution in [3.8, 4) is 11.5 Å². The molecule has 24 heavy (non-hydrogen) atoms. The molecule has 0 spiro atoms. The van der Waals surface area contributed by atoms with E-state index in [1.165, 1.54) is 35.6 Å². The Labute approximate surface area is 145 Å². The normalized spacial score (nSPS) is 10.6. The van der Waals surface area contributed by atoms with Gasteiger partial charge in [-0.05, 0) is 30.3 Å². The van der Waals surface area contributed by atoms with Crippen LogP contribution in [0.1, 0.15) is 9.67 Å². The number of carbonyl (C=O) groups is 1. The molecule has 0 aliphatic rings. The van der Waals surface area contributed by atoms with E-state index in [4.69, 9.17) is 21.1 Å². The van der Waals surface area contributed by atoms with Gasteiger partial charge in [0.25, 0.3) is 5.69 Å². The molecule has 0 saturated heterocycles. The van der Waals surface area contributed by atoms with E-state index in [0.717, 1.165) is 4.70 Å². The number of halogens is 1. The quantitative estimate of drug-likeness (QED) is 0.291. The number of hydrogen-bond acceptors (Lipinski definition) is 6. The molecular weight excluding hydrogens is 354 g/mol. The van der Waals surface area contributed by atoms with E-state index in [1.807, 2.05) is 6.07 Å². The van der Waals surface area contributed by atoms with Crippen LogP contribution >= 0.6 is 22.9 Å². The highest BCUT2D eigenvalue weighted by Gasteiger charge is 2.20. The maximum atomic E-state index is 12.3. The van der Waals surface area contributed by atoms with E-state index in [9.17, 15) is 14.9 Å². The average molecular weight is 364 g/mol. The molecule has 122 valence electrons. The van der Waals surface area contributed by atoms with Gasteiger partial charge < -0.3 is 9.47 Å². The Morgan fingerprint density at radius 1 is 1.17 bits per heavy atom. The maximum absolute atomic E-state index is 12.3. The van der Waals surface area contributed by atoms with Crippen molar-refractivity contribution in [2.24, 2.45) is 0 Å². The Hall–Kier alpha value is -2.64. The number of fused-ring (bicyclic) bond motifs is 1. The molecule has 6 nitrogen and oxygen atoms in total. The molecule has 1 heterocycles. The standard InChI is InChI=1S/C16H10ClNO5S/c1-22-11-6-7-13-12(8-11)14(17)15(24-13)16(19)23-10-4-2-9(3-5-10)18(20)21/h2-8H,1H3. The summed E-state index contributed by atoms with van der Waals surface area (Å²) in [5.74, 6) is 0.225. The van der Waals surface area contributed by atoms with E-state index in [-0.39, 0.29) is 16.3 Å². The number of esters is 1. The predicted molar refractivity (Wildman–Crippen MR) is 91.4 cm³/mol. The van der Waals surface area contributed by atoms with Crippen LogP contribution in [-0.4, -0.2) is 18.0 Å². The van der Waals surface area contributed by atoms with Crippen LogP contribution in [-0.2, 0) is 0 Å². The molecule has 3 rings (SSSR count). The van der Waals surface area contributed by atoms with E-state index >= 15 is 0 Å². The summed E-state index contributed by atoms with van der Waals surface area (Å²) in [5, 5.41) is 11.6. The van der Waals surface area contributed by atoms with Crippen LogP contribution in [0.15, 0.2) is 42.5 Å². The van der Waals surface area contributed by atoms with E-state index in [0.29, 0.717) is 16.2 Å². The molecule has 0 aliphatic carbocycles. The number of rotatable bonds is 4. The summed E-state index contributed by atoms with van der Waals surface area (Å²) in [7, 11) is 1.55. The molecule has 0 aliphatic heterocycles. The molecule has 0 atom stereocenters. The van der Waals surface area contributed by atoms with E-state index in [1.54, 1.807) is 19.2 Å². The third kappa shape index (κ3) is 3.04. The van der Waals surface area contributed by atoms with E-state index < -0.39 is 10.9 Å². The molecule has 1 aromatic heterocycles. The summed E-state index contributed by atoms with van der Waals surface area (Å²) in [6, 6.07) is 10.6. The predicted octanol–water partition coefficient (Wildman–Crippen LogP) is 4.69. The Balaban J connectivity index is 1.88. The van der Waals surface area contributed by atoms with Crippen molar-refractivity contribution < 1.29 is 19.2 Å². The minimum atomic E-state index is -0.617. The third-order valence-electron chi connectivity index (χ3n) is 3.28. The fourth-order valence-electron chi connectivity index (χ4n) is 2.09. The third-order valence-corrected chi connectivity index (χ3v) is 4.93. The molecule has 0 radical (unpaired) electrons. The first kappa shape index (κ1) is 16.2. The van der Waals surface area contributed by atoms with Gasteiger partial charge in [0.1, 0.15) is 16.4 Å². The van der Waals surface area contributed by atoms with Crippen LogP contribution in [0.2, 0.25) is 5.02 Å². The lowest BCUT2D eigenvalue weighted by molar-refractivity contribution is -0.384. The van der Waals surface area contributed by atoms with Crippen molar-refractivity contribution in [2.45, 2.75) is 0 Å². The second-order valence-corrected chi connectivity index (χ2v) is 6.18. The zero-order chi connectivity index (χ0) is 17.3. The Morgan fingerprint density at radius 3 is 2.46 bits per heavy atom. The highest BCUT2D eigenvalue weighted by molar-refractivity contribution is 7.21. The van der Waals surface area contributed by atoms with Crippen molar-refractivity contribution in [1.82, 2.24) is 0 Å². The second kappa shape index (κ2) is 6.46. The van der Waals surface area contributed by atoms with Gasteiger partial charge in [0.05, 0.1) is 17.1 Å². The van der Waals surface area contributed by atoms with Crippen LogP contribution in [0.4, 0.5) is 5.69 Å². The van der Waals surface area contributed by atoms with Crippen molar-refractivity contribution >= 4 is 44.7 Å². The smallest absolute Gasteiger partial charge is 0.355 e. The van der Waals surface area contributed by atoms with Crippen LogP contribution < -0.4 is 9.47 Å². The minimum absolute atomic E-state index is 0.0817. The van der Waals surface area contributed by atoms with Gasteiger partial charge in [-0.2, -0.15) is 0 Å². The summed E-state index contributed by atoms with van der Waals surface area (Å²) >= 11 is 7.49. The number of carbonyl (C=O) groups excluding carboxylic acids is 1. The van der Waals surface area contributed by atoms with Crippen molar-refractivity contribution in [1.29, 1.82) is 0 Å². The molecule has 2 aromatic carbocycles. The largest absolute Gasteiger partial charge is 0.497 e. The number of nitrogens with zero attached hydrogens (tertiary/aromatic N) is 1. The molecule has 0 bridgehead atoms. The number of ether oxygens (including phenoxy) is 2. The summed E-state index contributed by atoms with van der Waals surface area (Å²) in [6.45, 7) is 0. The lowest BCUT2D eigenvalue weighted by Gasteiger charge is -2.02. The van der Waals surface area contributed by atoms with Gasteiger partial charge in [-0.25, -0.2) is 4.79 Å². The Morgan fingerprint density at radius 2 is 1.83 bits per heavy atom. The lowest BCUT2D eigenvalue weighted by Crippen LogP contribution is -2.06. The summed E-state index contributed by atoms with van der Waals surface area (Å²) < 4.78 is 11.2. The van der Waals surface area contributed by atoms with Crippen LogP contribution in [0.25, 0.3) is 10.1 Å². The molecule has 0 N–H and O–H groups in total. The number of nitro groups is 1.